The summed E-state index contributed by atoms with van der Waals surface area (Å²) in [7, 11) is 0. The minimum atomic E-state index is -0.623. The second kappa shape index (κ2) is 11.0. The van der Waals surface area contributed by atoms with Crippen LogP contribution in [-0.4, -0.2) is 39.0 Å². The number of ether oxygens (including phenoxy) is 1. The van der Waals surface area contributed by atoms with Crippen LogP contribution in [0.2, 0.25) is 0 Å². The van der Waals surface area contributed by atoms with Gasteiger partial charge in [0, 0.05) is 23.5 Å². The lowest BCUT2D eigenvalue weighted by Gasteiger charge is -2.19. The van der Waals surface area contributed by atoms with E-state index in [1.54, 1.807) is 20.8 Å². The number of hydrogen-bond acceptors (Lipinski definition) is 5. The third-order valence-electron chi connectivity index (χ3n) is 4.98. The van der Waals surface area contributed by atoms with Crippen molar-refractivity contribution in [2.75, 3.05) is 11.9 Å². The third kappa shape index (κ3) is 7.68. The zero-order chi connectivity index (χ0) is 23.8. The Labute approximate surface area is 199 Å². The molecule has 0 bridgehead atoms. The lowest BCUT2D eigenvalue weighted by atomic mass is 10.0. The molecule has 0 unspecified atom stereocenters. The van der Waals surface area contributed by atoms with Gasteiger partial charge in [0.15, 0.2) is 0 Å². The van der Waals surface area contributed by atoms with Crippen molar-refractivity contribution < 1.29 is 14.3 Å². The van der Waals surface area contributed by atoms with E-state index in [0.29, 0.717) is 0 Å². The van der Waals surface area contributed by atoms with Crippen molar-refractivity contribution in [2.45, 2.75) is 52.1 Å². The molecular formula is C25H30N4O3S. The zero-order valence-corrected chi connectivity index (χ0v) is 20.1. The monoisotopic (exact) mass is 466 g/mol. The van der Waals surface area contributed by atoms with Crippen LogP contribution in [0.5, 0.6) is 0 Å². The highest BCUT2D eigenvalue weighted by atomic mass is 32.1. The summed E-state index contributed by atoms with van der Waals surface area (Å²) in [6.07, 6.45) is 6.24. The van der Waals surface area contributed by atoms with E-state index in [1.807, 2.05) is 48.8 Å². The summed E-state index contributed by atoms with van der Waals surface area (Å²) in [6.45, 7) is 5.14. The second-order valence-electron chi connectivity index (χ2n) is 8.81. The molecule has 0 atom stereocenters. The first-order valence-corrected chi connectivity index (χ1v) is 11.4. The van der Waals surface area contributed by atoms with Gasteiger partial charge in [-0.1, -0.05) is 30.4 Å². The Kier molecular flexibility index (Phi) is 8.16. The van der Waals surface area contributed by atoms with E-state index in [2.05, 4.69) is 20.6 Å². The molecule has 0 radical (unpaired) electrons. The molecule has 33 heavy (non-hydrogen) atoms. The molecule has 2 amide bonds. The molecule has 0 fully saturated rings. The first kappa shape index (κ1) is 24.4. The average molecular weight is 467 g/mol. The van der Waals surface area contributed by atoms with Crippen molar-refractivity contribution in [3.63, 3.8) is 0 Å². The summed E-state index contributed by atoms with van der Waals surface area (Å²) in [4.78, 5) is 32.5. The van der Waals surface area contributed by atoms with Gasteiger partial charge in [-0.15, -0.1) is 0 Å². The number of hydrogen-bond donors (Lipinski definition) is 3. The minimum absolute atomic E-state index is 0.165. The van der Waals surface area contributed by atoms with E-state index >= 15 is 0 Å². The van der Waals surface area contributed by atoms with Crippen LogP contribution in [0.4, 0.5) is 10.5 Å². The second-order valence-corrected chi connectivity index (χ2v) is 9.39. The maximum absolute atomic E-state index is 12.3. The lowest BCUT2D eigenvalue weighted by Crippen LogP contribution is -2.37. The number of carbonyl (C=O) groups excluding carboxylic acids is 2. The number of benzene rings is 1. The van der Waals surface area contributed by atoms with Crippen molar-refractivity contribution in [1.29, 1.82) is 0 Å². The van der Waals surface area contributed by atoms with Crippen LogP contribution in [0.3, 0.4) is 0 Å². The van der Waals surface area contributed by atoms with Crippen LogP contribution in [-0.2, 0) is 22.4 Å². The number of H-pyrrole nitrogens is 1. The number of pyridine rings is 1. The number of aromatic nitrogens is 2. The number of aryl methyl sites for hydroxylation is 2. The number of amides is 2. The van der Waals surface area contributed by atoms with Crippen molar-refractivity contribution in [2.24, 2.45) is 0 Å². The standard InChI is InChI=1S/C25H30N4O3S/c1-25(2,3)32-24(31)28-16-22(30)29-21-7-5-4-6-18(21)9-11-19(33)10-8-17-12-14-26-23-20(17)13-15-27-23/h4-7,12-15H,8-11,16H2,1-3H3,(H,26,27)(H,28,31)(H,29,30). The van der Waals surface area contributed by atoms with Gasteiger partial charge in [-0.25, -0.2) is 9.78 Å². The van der Waals surface area contributed by atoms with Gasteiger partial charge in [0.25, 0.3) is 0 Å². The number of anilines is 1. The number of fused-ring (bicyclic) bond motifs is 1. The maximum Gasteiger partial charge on any atom is 0.408 e. The van der Waals surface area contributed by atoms with E-state index in [-0.39, 0.29) is 12.5 Å². The van der Waals surface area contributed by atoms with Crippen molar-refractivity contribution in [3.8, 4) is 0 Å². The zero-order valence-electron chi connectivity index (χ0n) is 19.2. The smallest absolute Gasteiger partial charge is 0.408 e. The summed E-state index contributed by atoms with van der Waals surface area (Å²) in [5, 5.41) is 6.47. The van der Waals surface area contributed by atoms with Crippen molar-refractivity contribution in [1.82, 2.24) is 15.3 Å². The number of para-hydroxylation sites is 1. The normalized spacial score (nSPS) is 11.2. The van der Waals surface area contributed by atoms with Crippen LogP contribution in [0.25, 0.3) is 11.0 Å². The van der Waals surface area contributed by atoms with Gasteiger partial charge >= 0.3 is 6.09 Å². The largest absolute Gasteiger partial charge is 0.444 e. The molecule has 1 aromatic carbocycles. The van der Waals surface area contributed by atoms with Crippen LogP contribution >= 0.6 is 12.2 Å². The number of nitrogens with one attached hydrogen (secondary N) is 3. The van der Waals surface area contributed by atoms with Gasteiger partial charge in [0.2, 0.25) is 5.91 Å². The highest BCUT2D eigenvalue weighted by Crippen LogP contribution is 2.20. The van der Waals surface area contributed by atoms with Gasteiger partial charge < -0.3 is 20.4 Å². The van der Waals surface area contributed by atoms with E-state index in [1.165, 1.54) is 5.56 Å². The summed E-state index contributed by atoms with van der Waals surface area (Å²) in [5.74, 6) is -0.316. The van der Waals surface area contributed by atoms with Gasteiger partial charge in [0.1, 0.15) is 17.8 Å². The topological polar surface area (TPSA) is 96.1 Å². The van der Waals surface area contributed by atoms with E-state index < -0.39 is 11.7 Å². The highest BCUT2D eigenvalue weighted by Gasteiger charge is 2.17. The summed E-state index contributed by atoms with van der Waals surface area (Å²) in [6, 6.07) is 11.7. The first-order chi connectivity index (χ1) is 15.7. The molecule has 7 nitrogen and oxygen atoms in total. The fourth-order valence-electron chi connectivity index (χ4n) is 3.43. The molecule has 3 N–H and O–H groups in total. The molecular weight excluding hydrogens is 436 g/mol. The van der Waals surface area contributed by atoms with E-state index in [9.17, 15) is 9.59 Å². The van der Waals surface area contributed by atoms with Crippen LogP contribution in [0.15, 0.2) is 48.8 Å². The Morgan fingerprint density at radius 3 is 2.55 bits per heavy atom. The molecule has 2 heterocycles. The fourth-order valence-corrected chi connectivity index (χ4v) is 3.63. The van der Waals surface area contributed by atoms with Gasteiger partial charge in [-0.3, -0.25) is 4.79 Å². The van der Waals surface area contributed by atoms with Gasteiger partial charge in [-0.2, -0.15) is 0 Å². The average Bonchev–Trinajstić information content (AvgIpc) is 3.24. The number of rotatable bonds is 9. The number of alkyl carbamates (subject to hydrolysis) is 1. The Balaban J connectivity index is 1.48. The van der Waals surface area contributed by atoms with Crippen molar-refractivity contribution >= 4 is 45.8 Å². The number of carbonyl (C=O) groups is 2. The summed E-state index contributed by atoms with van der Waals surface area (Å²) < 4.78 is 5.15. The first-order valence-electron chi connectivity index (χ1n) is 11.0. The van der Waals surface area contributed by atoms with E-state index in [4.69, 9.17) is 17.0 Å². The molecule has 174 valence electrons. The van der Waals surface area contributed by atoms with Crippen molar-refractivity contribution in [3.05, 3.63) is 59.9 Å². The molecule has 0 spiro atoms. The molecule has 2 aromatic heterocycles. The van der Waals surface area contributed by atoms with Gasteiger partial charge in [0.05, 0.1) is 0 Å². The van der Waals surface area contributed by atoms with Crippen LogP contribution in [0, 0.1) is 0 Å². The minimum Gasteiger partial charge on any atom is -0.444 e. The quantitative estimate of drug-likeness (QED) is 0.387. The molecule has 3 rings (SSSR count). The highest BCUT2D eigenvalue weighted by molar-refractivity contribution is 7.80. The third-order valence-corrected chi connectivity index (χ3v) is 5.39. The summed E-state index contributed by atoms with van der Waals surface area (Å²) >= 11 is 5.63. The lowest BCUT2D eigenvalue weighted by molar-refractivity contribution is -0.115. The fraction of sp³-hybridized carbons (Fsp3) is 0.360. The molecule has 0 aliphatic carbocycles. The van der Waals surface area contributed by atoms with Gasteiger partial charge in [-0.05, 0) is 80.6 Å². The molecule has 3 aromatic rings. The number of aromatic amines is 1. The summed E-state index contributed by atoms with van der Waals surface area (Å²) in [5.41, 5.74) is 3.23. The Hall–Kier alpha value is -3.26. The Morgan fingerprint density at radius 2 is 1.79 bits per heavy atom. The number of thiocarbonyl (C=S) groups is 1. The predicted octanol–water partition coefficient (Wildman–Crippen LogP) is 4.96. The predicted molar refractivity (Wildman–Crippen MR) is 135 cm³/mol. The number of nitrogens with zero attached hydrogens (tertiary/aromatic N) is 1. The Morgan fingerprint density at radius 1 is 1.06 bits per heavy atom. The molecule has 0 saturated heterocycles. The SMILES string of the molecule is CC(C)(C)OC(=O)NCC(=O)Nc1ccccc1CCC(=S)CCc1ccnc2[nH]ccc12. The molecule has 0 aliphatic heterocycles. The molecule has 0 aliphatic rings. The molecule has 0 saturated carbocycles. The van der Waals surface area contributed by atoms with Crippen LogP contribution < -0.4 is 10.6 Å². The van der Waals surface area contributed by atoms with E-state index in [0.717, 1.165) is 52.8 Å². The molecule has 8 heteroatoms. The van der Waals surface area contributed by atoms with Crippen LogP contribution in [0.1, 0.15) is 44.7 Å². The maximum atomic E-state index is 12.3. The Bertz CT molecular complexity index is 1130.